The van der Waals surface area contributed by atoms with Crippen molar-refractivity contribution in [2.45, 2.75) is 19.3 Å². The van der Waals surface area contributed by atoms with Crippen molar-refractivity contribution in [1.29, 1.82) is 0 Å². The summed E-state index contributed by atoms with van der Waals surface area (Å²) < 4.78 is 13.3. The Morgan fingerprint density at radius 3 is 2.75 bits per heavy atom. The van der Waals surface area contributed by atoms with Gasteiger partial charge in [-0.15, -0.1) is 0 Å². The van der Waals surface area contributed by atoms with Crippen LogP contribution >= 0.6 is 11.6 Å². The molecule has 3 nitrogen and oxygen atoms in total. The van der Waals surface area contributed by atoms with Crippen molar-refractivity contribution in [2.75, 3.05) is 13.1 Å². The van der Waals surface area contributed by atoms with Gasteiger partial charge in [-0.25, -0.2) is 4.39 Å². The van der Waals surface area contributed by atoms with Crippen LogP contribution in [0.25, 0.3) is 10.9 Å². The average Bonchev–Trinajstić information content (AvgIpc) is 2.48. The normalized spacial score (nSPS) is 15.6. The summed E-state index contributed by atoms with van der Waals surface area (Å²) in [5.41, 5.74) is 0.943. The van der Waals surface area contributed by atoms with Crippen LogP contribution in [-0.2, 0) is 0 Å². The molecule has 0 bridgehead atoms. The van der Waals surface area contributed by atoms with Crippen LogP contribution in [0, 0.1) is 5.82 Å². The van der Waals surface area contributed by atoms with Crippen molar-refractivity contribution in [2.24, 2.45) is 0 Å². The Balaban J connectivity index is 2.02. The van der Waals surface area contributed by atoms with Crippen LogP contribution in [0.5, 0.6) is 0 Å². The summed E-state index contributed by atoms with van der Waals surface area (Å²) >= 11 is 6.27. The van der Waals surface area contributed by atoms with E-state index in [-0.39, 0.29) is 16.7 Å². The zero-order valence-electron chi connectivity index (χ0n) is 10.9. The lowest BCUT2D eigenvalue weighted by molar-refractivity contribution is 0.0724. The van der Waals surface area contributed by atoms with Crippen LogP contribution in [0.3, 0.4) is 0 Å². The van der Waals surface area contributed by atoms with Gasteiger partial charge in [-0.2, -0.15) is 0 Å². The van der Waals surface area contributed by atoms with Gasteiger partial charge in [0.2, 0.25) is 0 Å². The number of pyridine rings is 1. The number of carbonyl (C=O) groups is 1. The minimum atomic E-state index is -0.385. The van der Waals surface area contributed by atoms with Crippen molar-refractivity contribution in [3.05, 3.63) is 40.8 Å². The van der Waals surface area contributed by atoms with Gasteiger partial charge in [0.25, 0.3) is 5.91 Å². The third-order valence-electron chi connectivity index (χ3n) is 3.64. The van der Waals surface area contributed by atoms with E-state index in [1.54, 1.807) is 11.0 Å². The largest absolute Gasteiger partial charge is 0.339 e. The van der Waals surface area contributed by atoms with E-state index in [1.807, 2.05) is 0 Å². The minimum Gasteiger partial charge on any atom is -0.339 e. The number of benzene rings is 1. The lowest BCUT2D eigenvalue weighted by atomic mass is 10.1. The van der Waals surface area contributed by atoms with Crippen molar-refractivity contribution >= 4 is 28.4 Å². The van der Waals surface area contributed by atoms with Crippen LogP contribution in [-0.4, -0.2) is 28.9 Å². The number of hydrogen-bond donors (Lipinski definition) is 0. The fraction of sp³-hybridized carbons (Fsp3) is 0.333. The molecule has 1 amide bonds. The van der Waals surface area contributed by atoms with Crippen LogP contribution in [0.4, 0.5) is 4.39 Å². The quantitative estimate of drug-likeness (QED) is 0.804. The number of rotatable bonds is 1. The highest BCUT2D eigenvalue weighted by atomic mass is 35.5. The molecule has 0 atom stereocenters. The zero-order valence-corrected chi connectivity index (χ0v) is 11.7. The third-order valence-corrected chi connectivity index (χ3v) is 4.05. The second-order valence-electron chi connectivity index (χ2n) is 5.00. The first-order chi connectivity index (χ1) is 9.66. The molecule has 0 aliphatic carbocycles. The Morgan fingerprint density at radius 2 is 2.00 bits per heavy atom. The fourth-order valence-corrected chi connectivity index (χ4v) is 2.83. The van der Waals surface area contributed by atoms with E-state index >= 15 is 0 Å². The first-order valence-electron chi connectivity index (χ1n) is 6.70. The number of halogens is 2. The second-order valence-corrected chi connectivity index (χ2v) is 5.38. The molecule has 1 aliphatic heterocycles. The molecular formula is C15H14ClFN2O. The van der Waals surface area contributed by atoms with E-state index < -0.39 is 0 Å². The maximum atomic E-state index is 13.3. The molecule has 1 aliphatic rings. The molecule has 1 fully saturated rings. The number of hydrogen-bond acceptors (Lipinski definition) is 2. The Morgan fingerprint density at radius 1 is 1.25 bits per heavy atom. The average molecular weight is 293 g/mol. The van der Waals surface area contributed by atoms with Crippen molar-refractivity contribution in [3.63, 3.8) is 0 Å². The topological polar surface area (TPSA) is 33.2 Å². The molecular weight excluding hydrogens is 279 g/mol. The number of aromatic nitrogens is 1. The molecule has 0 spiro atoms. The monoisotopic (exact) mass is 292 g/mol. The Kier molecular flexibility index (Phi) is 3.57. The number of carbonyl (C=O) groups excluding carboxylic acids is 1. The summed E-state index contributed by atoms with van der Waals surface area (Å²) in [5, 5.41) is 0.764. The van der Waals surface area contributed by atoms with E-state index in [9.17, 15) is 9.18 Å². The zero-order chi connectivity index (χ0) is 14.1. The molecule has 0 radical (unpaired) electrons. The highest BCUT2D eigenvalue weighted by Crippen LogP contribution is 2.27. The van der Waals surface area contributed by atoms with Gasteiger partial charge in [0, 0.05) is 24.7 Å². The highest BCUT2D eigenvalue weighted by molar-refractivity contribution is 6.38. The molecule has 0 saturated carbocycles. The molecule has 20 heavy (non-hydrogen) atoms. The molecule has 104 valence electrons. The summed E-state index contributed by atoms with van der Waals surface area (Å²) in [6, 6.07) is 4.21. The lowest BCUT2D eigenvalue weighted by Crippen LogP contribution is -2.35. The van der Waals surface area contributed by atoms with Crippen LogP contribution in [0.15, 0.2) is 24.4 Å². The molecule has 1 aromatic heterocycles. The van der Waals surface area contributed by atoms with E-state index in [0.29, 0.717) is 16.5 Å². The molecule has 0 unspecified atom stereocenters. The molecule has 2 aromatic rings. The van der Waals surface area contributed by atoms with Crippen LogP contribution in [0.2, 0.25) is 5.02 Å². The highest BCUT2D eigenvalue weighted by Gasteiger charge is 2.22. The number of nitrogens with zero attached hydrogens (tertiary/aromatic N) is 2. The number of likely N-dealkylation sites (tertiary alicyclic amines) is 1. The van der Waals surface area contributed by atoms with Gasteiger partial charge < -0.3 is 4.90 Å². The minimum absolute atomic E-state index is 0.117. The standard InChI is InChI=1S/C15H14ClFN2O/c16-14-11-8-10(17)4-5-13(11)18-9-12(14)15(20)19-6-2-1-3-7-19/h4-5,8-9H,1-3,6-7H2. The first-order valence-corrected chi connectivity index (χ1v) is 7.07. The Labute approximate surface area is 121 Å². The van der Waals surface area contributed by atoms with E-state index in [1.165, 1.54) is 18.3 Å². The summed E-state index contributed by atoms with van der Waals surface area (Å²) in [6.45, 7) is 1.49. The summed E-state index contributed by atoms with van der Waals surface area (Å²) in [5.74, 6) is -0.503. The van der Waals surface area contributed by atoms with Crippen LogP contribution in [0.1, 0.15) is 29.6 Å². The fourth-order valence-electron chi connectivity index (χ4n) is 2.55. The molecule has 1 saturated heterocycles. The SMILES string of the molecule is O=C(c1cnc2ccc(F)cc2c1Cl)N1CCCCC1. The van der Waals surface area contributed by atoms with Crippen LogP contribution < -0.4 is 0 Å². The van der Waals surface area contributed by atoms with Gasteiger partial charge in [0.15, 0.2) is 0 Å². The lowest BCUT2D eigenvalue weighted by Gasteiger charge is -2.27. The number of fused-ring (bicyclic) bond motifs is 1. The predicted octanol–water partition coefficient (Wildman–Crippen LogP) is 3.65. The summed E-state index contributed by atoms with van der Waals surface area (Å²) in [6.07, 6.45) is 4.66. The van der Waals surface area contributed by atoms with Gasteiger partial charge in [0.1, 0.15) is 5.82 Å². The van der Waals surface area contributed by atoms with Gasteiger partial charge in [-0.1, -0.05) is 11.6 Å². The maximum absolute atomic E-state index is 13.3. The summed E-state index contributed by atoms with van der Waals surface area (Å²) in [7, 11) is 0. The van der Waals surface area contributed by atoms with Gasteiger partial charge in [0.05, 0.1) is 16.1 Å². The molecule has 1 aromatic carbocycles. The Hall–Kier alpha value is -1.68. The summed E-state index contributed by atoms with van der Waals surface area (Å²) in [4.78, 5) is 18.4. The maximum Gasteiger partial charge on any atom is 0.256 e. The molecule has 2 heterocycles. The van der Waals surface area contributed by atoms with E-state index in [0.717, 1.165) is 32.4 Å². The molecule has 5 heteroatoms. The number of amides is 1. The van der Waals surface area contributed by atoms with E-state index in [2.05, 4.69) is 4.98 Å². The predicted molar refractivity (Wildman–Crippen MR) is 76.5 cm³/mol. The van der Waals surface area contributed by atoms with Crippen molar-refractivity contribution < 1.29 is 9.18 Å². The molecule has 0 N–H and O–H groups in total. The van der Waals surface area contributed by atoms with Gasteiger partial charge >= 0.3 is 0 Å². The van der Waals surface area contributed by atoms with Gasteiger partial charge in [-0.3, -0.25) is 9.78 Å². The van der Waals surface area contributed by atoms with Gasteiger partial charge in [-0.05, 0) is 37.5 Å². The second kappa shape index (κ2) is 5.37. The number of piperidine rings is 1. The molecule has 3 rings (SSSR count). The third kappa shape index (κ3) is 2.36. The van der Waals surface area contributed by atoms with E-state index in [4.69, 9.17) is 11.6 Å². The van der Waals surface area contributed by atoms with Crippen molar-refractivity contribution in [1.82, 2.24) is 9.88 Å². The first kappa shape index (κ1) is 13.3. The smallest absolute Gasteiger partial charge is 0.256 e. The Bertz CT molecular complexity index is 668. The van der Waals surface area contributed by atoms with Crippen molar-refractivity contribution in [3.8, 4) is 0 Å².